The summed E-state index contributed by atoms with van der Waals surface area (Å²) in [6.45, 7) is 0. The molecule has 0 nitrogen and oxygen atoms in total. The molecule has 0 aromatic heterocycles. The third-order valence-electron chi connectivity index (χ3n) is 0. The predicted molar refractivity (Wildman–Crippen MR) is 5.75 cm³/mol. The number of hydrogen-bond donors (Lipinski definition) is 0. The number of halogens is 3. The Hall–Kier alpha value is 4.05. The van der Waals surface area contributed by atoms with E-state index in [1.54, 1.807) is 0 Å². The molecule has 0 fully saturated rings. The van der Waals surface area contributed by atoms with Gasteiger partial charge in [0, 0.05) is 0 Å². The van der Waals surface area contributed by atoms with Crippen molar-refractivity contribution in [2.75, 3.05) is 0 Å². The number of rotatable bonds is 0. The van der Waals surface area contributed by atoms with E-state index in [9.17, 15) is 0 Å². The summed E-state index contributed by atoms with van der Waals surface area (Å²) < 4.78 is 0. The van der Waals surface area contributed by atoms with Crippen molar-refractivity contribution in [2.24, 2.45) is 0 Å². The molecule has 0 saturated heterocycles. The van der Waals surface area contributed by atoms with Crippen LogP contribution in [0.3, 0.4) is 0 Å². The van der Waals surface area contributed by atoms with Gasteiger partial charge in [-0.1, -0.05) is 0 Å². The summed E-state index contributed by atoms with van der Waals surface area (Å²) in [5.41, 5.74) is 0. The summed E-state index contributed by atoms with van der Waals surface area (Å²) in [5, 5.41) is 0. The van der Waals surface area contributed by atoms with Crippen LogP contribution < -0.4 is 71.9 Å². The molecule has 0 saturated carbocycles. The maximum absolute atomic E-state index is 0. The van der Waals surface area contributed by atoms with Crippen LogP contribution in [0.2, 0.25) is 0 Å². The van der Waals surface area contributed by atoms with E-state index in [0.29, 0.717) is 0 Å². The maximum atomic E-state index is 0. The molecule has 5 heteroatoms. The van der Waals surface area contributed by atoms with Gasteiger partial charge in [-0.05, 0) is 0 Å². The second-order valence-electron chi connectivity index (χ2n) is 0. The SMILES string of the molecule is [Hg+2].[I-].[I-].[I-].[Tl+]. The van der Waals surface area contributed by atoms with Crippen LogP contribution in [0.25, 0.3) is 0 Å². The molecule has 0 aromatic rings. The summed E-state index contributed by atoms with van der Waals surface area (Å²) in [5.74, 6) is 0. The Kier molecular flexibility index (Phi) is 175. The molecular weight excluding hydrogens is 786 g/mol. The zero-order chi connectivity index (χ0) is 0. The van der Waals surface area contributed by atoms with E-state index < -0.39 is 0 Å². The normalized spacial score (nSPS) is 0. The third-order valence-corrected chi connectivity index (χ3v) is 0. The van der Waals surface area contributed by atoms with Gasteiger partial charge in [-0.15, -0.1) is 0 Å². The summed E-state index contributed by atoms with van der Waals surface area (Å²) in [6, 6.07) is 0. The first-order chi connectivity index (χ1) is 0. The standard InChI is InChI=1S/Hg.3HI.Tl/h;3*1H;/q+2;;;;+1/p-3. The monoisotopic (exact) mass is 788 g/mol. The Labute approximate surface area is 124 Å². The van der Waals surface area contributed by atoms with Crippen LogP contribution in [-0.2, 0) is 27.7 Å². The van der Waals surface area contributed by atoms with E-state index >= 15 is 0 Å². The van der Waals surface area contributed by atoms with Crippen LogP contribution in [-0.4, -0.2) is 27.3 Å². The van der Waals surface area contributed by atoms with E-state index in [0.717, 1.165) is 0 Å². The van der Waals surface area contributed by atoms with Crippen LogP contribution >= 0.6 is 0 Å². The largest absolute Gasteiger partial charge is 2.00 e. The van der Waals surface area contributed by atoms with Gasteiger partial charge in [0.05, 0.1) is 0 Å². The van der Waals surface area contributed by atoms with Gasteiger partial charge in [0.15, 0.2) is 0 Å². The van der Waals surface area contributed by atoms with Crippen LogP contribution in [0.4, 0.5) is 0 Å². The average Bonchev–Trinajstić information content (AvgIpc) is 0. The average molecular weight is 786 g/mol. The first kappa shape index (κ1) is 35.8. The summed E-state index contributed by atoms with van der Waals surface area (Å²) >= 11 is 0. The third kappa shape index (κ3) is 18.0. The van der Waals surface area contributed by atoms with Gasteiger partial charge in [-0.2, -0.15) is 0 Å². The fourth-order valence-corrected chi connectivity index (χ4v) is 0. The fourth-order valence-electron chi connectivity index (χ4n) is 0. The Bertz CT molecular complexity index is 6.85. The molecule has 0 amide bonds. The van der Waals surface area contributed by atoms with Crippen LogP contribution in [0.5, 0.6) is 0 Å². The molecule has 5 heavy (non-hydrogen) atoms. The second kappa shape index (κ2) is 24.4. The van der Waals surface area contributed by atoms with Crippen molar-refractivity contribution in [3.05, 3.63) is 0 Å². The summed E-state index contributed by atoms with van der Waals surface area (Å²) in [7, 11) is 0. The molecule has 0 atom stereocenters. The molecule has 0 bridgehead atoms. The van der Waals surface area contributed by atoms with Crippen molar-refractivity contribution in [3.8, 4) is 0 Å². The minimum atomic E-state index is 0. The topological polar surface area (TPSA) is 0 Å². The van der Waals surface area contributed by atoms with Gasteiger partial charge in [0.2, 0.25) is 0 Å². The Morgan fingerprint density at radius 2 is 0.600 bits per heavy atom. The van der Waals surface area contributed by atoms with E-state index in [1.807, 2.05) is 0 Å². The molecule has 0 spiro atoms. The molecule has 0 aromatic carbocycles. The van der Waals surface area contributed by atoms with Crippen molar-refractivity contribution < 1.29 is 99.6 Å². The molecule has 0 heterocycles. The molecule has 0 unspecified atom stereocenters. The van der Waals surface area contributed by atoms with Gasteiger partial charge >= 0.3 is 55.0 Å². The minimum absolute atomic E-state index is 0. The molecule has 0 aliphatic rings. The molecule has 0 aliphatic heterocycles. The number of hydrogen-bond acceptors (Lipinski definition) is 0. The van der Waals surface area contributed by atoms with Gasteiger partial charge in [0.1, 0.15) is 0 Å². The predicted octanol–water partition coefficient (Wildman–Crippen LogP) is -9.37. The van der Waals surface area contributed by atoms with Crippen LogP contribution in [0.1, 0.15) is 0 Å². The van der Waals surface area contributed by atoms with Crippen LogP contribution in [0.15, 0.2) is 0 Å². The summed E-state index contributed by atoms with van der Waals surface area (Å²) in [4.78, 5) is 0. The smallest absolute Gasteiger partial charge is 1.00 e. The van der Waals surface area contributed by atoms with Crippen molar-refractivity contribution >= 4 is 27.3 Å². The Morgan fingerprint density at radius 3 is 0.600 bits per heavy atom. The fraction of sp³-hybridized carbons (Fsp3) is 0. The van der Waals surface area contributed by atoms with Crippen molar-refractivity contribution in [2.45, 2.75) is 0 Å². The van der Waals surface area contributed by atoms with Gasteiger partial charge in [0.25, 0.3) is 0 Å². The van der Waals surface area contributed by atoms with Gasteiger partial charge < -0.3 is 71.9 Å². The molecule has 0 radical (unpaired) electrons. The van der Waals surface area contributed by atoms with E-state index in [1.165, 1.54) is 0 Å². The maximum Gasteiger partial charge on any atom is 2.00 e. The zero-order valence-corrected chi connectivity index (χ0v) is 18.9. The summed E-state index contributed by atoms with van der Waals surface area (Å²) in [6.07, 6.45) is 0. The van der Waals surface area contributed by atoms with Gasteiger partial charge in [-0.25, -0.2) is 0 Å². The quantitative estimate of drug-likeness (QED) is 0.170. The Balaban J connectivity index is 0. The van der Waals surface area contributed by atoms with E-state index in [-0.39, 0.29) is 127 Å². The van der Waals surface area contributed by atoms with Crippen LogP contribution in [0, 0.1) is 0 Å². The van der Waals surface area contributed by atoms with Gasteiger partial charge in [-0.3, -0.25) is 0 Å². The van der Waals surface area contributed by atoms with E-state index in [2.05, 4.69) is 0 Å². The molecule has 0 rings (SSSR count). The molecule has 26 valence electrons. The minimum Gasteiger partial charge on any atom is -1.00 e. The van der Waals surface area contributed by atoms with Crippen molar-refractivity contribution in [1.29, 1.82) is 0 Å². The second-order valence-corrected chi connectivity index (χ2v) is 0. The van der Waals surface area contributed by atoms with Crippen molar-refractivity contribution in [3.63, 3.8) is 0 Å². The zero-order valence-electron chi connectivity index (χ0n) is 2.42. The molecule has 0 aliphatic carbocycles. The molecule has 0 N–H and O–H groups in total. The first-order valence-corrected chi connectivity index (χ1v) is 0. The molecular formula is HgI3Tl. The Morgan fingerprint density at radius 1 is 0.600 bits per heavy atom. The first-order valence-electron chi connectivity index (χ1n) is 0. The van der Waals surface area contributed by atoms with Crippen molar-refractivity contribution in [1.82, 2.24) is 0 Å². The van der Waals surface area contributed by atoms with E-state index in [4.69, 9.17) is 0 Å².